The highest BCUT2D eigenvalue weighted by molar-refractivity contribution is 6.07. The van der Waals surface area contributed by atoms with Crippen molar-refractivity contribution in [1.82, 2.24) is 0 Å². The fourth-order valence-electron chi connectivity index (χ4n) is 8.30. The molecular weight excluding hydrogens is 360 g/mol. The normalized spacial score (nSPS) is 28.7. The van der Waals surface area contributed by atoms with E-state index in [4.69, 9.17) is 0 Å². The highest BCUT2D eigenvalue weighted by atomic mass is 14.6. The molecule has 3 unspecified atom stereocenters. The first-order chi connectivity index (χ1) is 14.7. The molecule has 3 aromatic carbocycles. The Hall–Kier alpha value is -2.34. The predicted octanol–water partition coefficient (Wildman–Crippen LogP) is 7.53. The predicted molar refractivity (Wildman–Crippen MR) is 125 cm³/mol. The average molecular weight is 389 g/mol. The molecular formula is C30H28. The zero-order valence-electron chi connectivity index (χ0n) is 18.1. The van der Waals surface area contributed by atoms with Crippen LogP contribution in [-0.4, -0.2) is 0 Å². The highest BCUT2D eigenvalue weighted by Crippen LogP contribution is 2.67. The van der Waals surface area contributed by atoms with Crippen molar-refractivity contribution in [3.05, 3.63) is 74.8 Å². The summed E-state index contributed by atoms with van der Waals surface area (Å²) in [7, 11) is 0. The molecule has 8 rings (SSSR count). The topological polar surface area (TPSA) is 0 Å². The summed E-state index contributed by atoms with van der Waals surface area (Å²) in [6, 6.07) is 9.33. The van der Waals surface area contributed by atoms with Crippen LogP contribution in [0.15, 0.2) is 30.3 Å². The summed E-state index contributed by atoms with van der Waals surface area (Å²) in [5.74, 6) is 1.58. The molecule has 0 aromatic heterocycles. The quantitative estimate of drug-likeness (QED) is 0.373. The van der Waals surface area contributed by atoms with E-state index >= 15 is 0 Å². The van der Waals surface area contributed by atoms with Crippen LogP contribution in [0.25, 0.3) is 28.0 Å². The fourth-order valence-corrected chi connectivity index (χ4v) is 8.30. The maximum atomic E-state index is 2.52. The molecule has 1 fully saturated rings. The third-order valence-electron chi connectivity index (χ3n) is 9.56. The van der Waals surface area contributed by atoms with Gasteiger partial charge in [-0.25, -0.2) is 0 Å². The lowest BCUT2D eigenvalue weighted by Crippen LogP contribution is -2.34. The Balaban J connectivity index is 1.66. The molecule has 3 aromatic rings. The molecule has 0 heterocycles. The zero-order valence-corrected chi connectivity index (χ0v) is 18.1. The van der Waals surface area contributed by atoms with Gasteiger partial charge in [0.25, 0.3) is 0 Å². The molecule has 0 amide bonds. The monoisotopic (exact) mass is 388 g/mol. The van der Waals surface area contributed by atoms with E-state index in [-0.39, 0.29) is 0 Å². The molecule has 30 heavy (non-hydrogen) atoms. The minimum absolute atomic E-state index is 0.311. The minimum Gasteiger partial charge on any atom is -0.0802 e. The van der Waals surface area contributed by atoms with Gasteiger partial charge in [-0.2, -0.15) is 0 Å². The Labute approximate surface area is 179 Å². The van der Waals surface area contributed by atoms with Gasteiger partial charge in [0.2, 0.25) is 0 Å². The Bertz CT molecular complexity index is 1350. The van der Waals surface area contributed by atoms with Crippen molar-refractivity contribution in [1.29, 1.82) is 0 Å². The van der Waals surface area contributed by atoms with E-state index in [1.165, 1.54) is 55.7 Å². The molecule has 1 saturated carbocycles. The second-order valence-corrected chi connectivity index (χ2v) is 10.7. The molecule has 1 spiro atoms. The standard InChI is InChI=1S/C30H28/c1-16-19-7-3-4-8-23(19)26-27-25-20(12-11-18-15-24(18)25)17(2)22-10-6-14-30(29(22)27)13-5-9-21(16)28(26)30/h3-4,7-8,11-12,18,24H,5-6,9-10,13-15H2,1-2H3. The second-order valence-electron chi connectivity index (χ2n) is 10.7. The first-order valence-electron chi connectivity index (χ1n) is 12.1. The Morgan fingerprint density at radius 3 is 2.33 bits per heavy atom. The Morgan fingerprint density at radius 1 is 0.833 bits per heavy atom. The lowest BCUT2D eigenvalue weighted by Gasteiger charge is -2.42. The van der Waals surface area contributed by atoms with Gasteiger partial charge in [-0.05, 0) is 137 Å². The van der Waals surface area contributed by atoms with Crippen LogP contribution < -0.4 is 0 Å². The van der Waals surface area contributed by atoms with E-state index in [1.807, 2.05) is 0 Å². The highest BCUT2D eigenvalue weighted by Gasteiger charge is 2.53. The molecule has 3 atom stereocenters. The molecule has 0 heteroatoms. The van der Waals surface area contributed by atoms with E-state index in [0.29, 0.717) is 5.41 Å². The number of allylic oxidation sites excluding steroid dienone is 1. The van der Waals surface area contributed by atoms with Gasteiger partial charge in [0.05, 0.1) is 0 Å². The third kappa shape index (κ3) is 1.64. The molecule has 0 bridgehead atoms. The van der Waals surface area contributed by atoms with E-state index in [1.54, 1.807) is 55.6 Å². The zero-order chi connectivity index (χ0) is 19.8. The van der Waals surface area contributed by atoms with Crippen LogP contribution in [0.3, 0.4) is 0 Å². The molecule has 0 radical (unpaired) electrons. The number of rotatable bonds is 0. The smallest absolute Gasteiger partial charge is 0.0221 e. The van der Waals surface area contributed by atoms with E-state index in [0.717, 1.165) is 11.8 Å². The number of hydrogen-bond acceptors (Lipinski definition) is 0. The molecule has 148 valence electrons. The number of aryl methyl sites for hydroxylation is 1. The maximum Gasteiger partial charge on any atom is 0.0221 e. The number of fused-ring (bicyclic) bond motifs is 7. The van der Waals surface area contributed by atoms with Crippen LogP contribution in [0.1, 0.15) is 82.5 Å². The summed E-state index contributed by atoms with van der Waals surface area (Å²) < 4.78 is 0. The van der Waals surface area contributed by atoms with Gasteiger partial charge in [-0.3, -0.25) is 0 Å². The number of benzene rings is 3. The summed E-state index contributed by atoms with van der Waals surface area (Å²) in [6.45, 7) is 4.85. The third-order valence-corrected chi connectivity index (χ3v) is 9.56. The van der Waals surface area contributed by atoms with Crippen molar-refractivity contribution in [2.24, 2.45) is 5.92 Å². The van der Waals surface area contributed by atoms with Crippen LogP contribution >= 0.6 is 0 Å². The van der Waals surface area contributed by atoms with Gasteiger partial charge in [0.15, 0.2) is 0 Å². The average Bonchev–Trinajstić information content (AvgIpc) is 3.50. The van der Waals surface area contributed by atoms with Gasteiger partial charge >= 0.3 is 0 Å². The van der Waals surface area contributed by atoms with Crippen molar-refractivity contribution < 1.29 is 0 Å². The van der Waals surface area contributed by atoms with Crippen LogP contribution in [0, 0.1) is 19.8 Å². The van der Waals surface area contributed by atoms with Crippen molar-refractivity contribution in [3.63, 3.8) is 0 Å². The molecule has 0 saturated heterocycles. The molecule has 0 nitrogen and oxygen atoms in total. The van der Waals surface area contributed by atoms with E-state index in [2.05, 4.69) is 50.3 Å². The summed E-state index contributed by atoms with van der Waals surface area (Å²) in [6.07, 6.45) is 14.4. The first-order valence-corrected chi connectivity index (χ1v) is 12.1. The molecule has 5 aliphatic rings. The van der Waals surface area contributed by atoms with Crippen LogP contribution in [0.2, 0.25) is 0 Å². The fraction of sp³-hybridized carbons (Fsp3) is 0.400. The lowest BCUT2D eigenvalue weighted by molar-refractivity contribution is 0.376. The van der Waals surface area contributed by atoms with Gasteiger partial charge in [0, 0.05) is 5.41 Å². The van der Waals surface area contributed by atoms with E-state index in [9.17, 15) is 0 Å². The van der Waals surface area contributed by atoms with Gasteiger partial charge < -0.3 is 0 Å². The summed E-state index contributed by atoms with van der Waals surface area (Å²) in [4.78, 5) is 0. The number of hydrogen-bond donors (Lipinski definition) is 0. The minimum atomic E-state index is 0.311. The van der Waals surface area contributed by atoms with Crippen molar-refractivity contribution in [2.75, 3.05) is 0 Å². The second kappa shape index (κ2) is 5.10. The summed E-state index contributed by atoms with van der Waals surface area (Å²) >= 11 is 0. The lowest BCUT2D eigenvalue weighted by atomic mass is 9.61. The summed E-state index contributed by atoms with van der Waals surface area (Å²) in [5, 5.41) is 3.04. The maximum absolute atomic E-state index is 2.52. The Kier molecular flexibility index (Phi) is 2.78. The van der Waals surface area contributed by atoms with E-state index < -0.39 is 0 Å². The SMILES string of the molecule is Cc1c2c(c3c4c1CCCC41CCCc4c1c-3c1ccccc1c4C)C1CC1C=C2. The summed E-state index contributed by atoms with van der Waals surface area (Å²) in [5.41, 5.74) is 17.2. The first kappa shape index (κ1) is 16.4. The van der Waals surface area contributed by atoms with Gasteiger partial charge in [-0.1, -0.05) is 36.4 Å². The van der Waals surface area contributed by atoms with Gasteiger partial charge in [-0.15, -0.1) is 0 Å². The van der Waals surface area contributed by atoms with Gasteiger partial charge in [0.1, 0.15) is 0 Å². The van der Waals surface area contributed by atoms with Crippen molar-refractivity contribution in [3.8, 4) is 11.1 Å². The van der Waals surface area contributed by atoms with Crippen molar-refractivity contribution in [2.45, 2.75) is 70.1 Å². The Morgan fingerprint density at radius 2 is 1.53 bits per heavy atom. The molecule has 0 aliphatic heterocycles. The van der Waals surface area contributed by atoms with Crippen LogP contribution in [0.4, 0.5) is 0 Å². The molecule has 0 N–H and O–H groups in total. The largest absolute Gasteiger partial charge is 0.0802 e. The van der Waals surface area contributed by atoms with Crippen molar-refractivity contribution >= 4 is 16.8 Å². The van der Waals surface area contributed by atoms with Crippen LogP contribution in [0.5, 0.6) is 0 Å². The molecule has 5 aliphatic carbocycles. The van der Waals surface area contributed by atoms with Crippen LogP contribution in [-0.2, 0) is 18.3 Å².